The molecule has 0 bridgehead atoms. The van der Waals surface area contributed by atoms with E-state index >= 15 is 0 Å². The number of furan rings is 1. The van der Waals surface area contributed by atoms with Crippen molar-refractivity contribution in [2.24, 2.45) is 5.73 Å². The zero-order valence-electron chi connectivity index (χ0n) is 8.90. The first-order valence-corrected chi connectivity index (χ1v) is 4.89. The van der Waals surface area contributed by atoms with Crippen molar-refractivity contribution >= 4 is 11.8 Å². The van der Waals surface area contributed by atoms with Crippen LogP contribution < -0.4 is 11.1 Å². The largest absolute Gasteiger partial charge is 0.456 e. The molecule has 0 saturated heterocycles. The molecule has 1 aromatic rings. The number of aliphatic hydroxyl groups is 1. The molecule has 0 fully saturated rings. The summed E-state index contributed by atoms with van der Waals surface area (Å²) < 4.78 is 5.18. The fraction of sp³-hybridized carbons (Fsp3) is 0.400. The number of rotatable bonds is 5. The van der Waals surface area contributed by atoms with Crippen LogP contribution in [0.5, 0.6) is 0 Å². The molecule has 0 aliphatic heterocycles. The predicted octanol–water partition coefficient (Wildman–Crippen LogP) is -0.582. The highest BCUT2D eigenvalue weighted by Gasteiger charge is 2.15. The minimum absolute atomic E-state index is 0.147. The molecule has 0 radical (unpaired) electrons. The number of primary amides is 1. The fourth-order valence-electron chi connectivity index (χ4n) is 1.07. The second kappa shape index (κ2) is 5.32. The van der Waals surface area contributed by atoms with Crippen LogP contribution in [0.4, 0.5) is 0 Å². The maximum absolute atomic E-state index is 11.4. The molecule has 6 nitrogen and oxygen atoms in total. The third-order valence-corrected chi connectivity index (χ3v) is 2.02. The number of hydrogen-bond acceptors (Lipinski definition) is 4. The first kappa shape index (κ1) is 12.3. The Morgan fingerprint density at radius 3 is 2.75 bits per heavy atom. The van der Waals surface area contributed by atoms with Gasteiger partial charge in [0.15, 0.2) is 5.76 Å². The maximum Gasteiger partial charge on any atom is 0.287 e. The lowest BCUT2D eigenvalue weighted by Crippen LogP contribution is -2.39. The van der Waals surface area contributed by atoms with Crippen molar-refractivity contribution in [1.82, 2.24) is 5.32 Å². The summed E-state index contributed by atoms with van der Waals surface area (Å²) >= 11 is 0. The molecule has 1 heterocycles. The number of aliphatic hydroxyl groups excluding tert-OH is 1. The highest BCUT2D eigenvalue weighted by atomic mass is 16.4. The average Bonchev–Trinajstić information content (AvgIpc) is 2.73. The van der Waals surface area contributed by atoms with Crippen molar-refractivity contribution in [2.45, 2.75) is 19.4 Å². The van der Waals surface area contributed by atoms with Crippen LogP contribution in [0, 0.1) is 0 Å². The molecule has 0 aliphatic carbocycles. The van der Waals surface area contributed by atoms with Gasteiger partial charge in [-0.1, -0.05) is 6.92 Å². The number of aryl methyl sites for hydroxylation is 1. The minimum Gasteiger partial charge on any atom is -0.456 e. The third-order valence-electron chi connectivity index (χ3n) is 2.02. The van der Waals surface area contributed by atoms with Crippen LogP contribution in [-0.4, -0.2) is 29.6 Å². The van der Waals surface area contributed by atoms with E-state index in [0.29, 0.717) is 12.2 Å². The topological polar surface area (TPSA) is 106 Å². The Bertz CT molecular complexity index is 386. The van der Waals surface area contributed by atoms with Gasteiger partial charge in [0.05, 0.1) is 6.54 Å². The summed E-state index contributed by atoms with van der Waals surface area (Å²) in [7, 11) is 0. The lowest BCUT2D eigenvalue weighted by Gasteiger charge is -2.06. The number of nitrogens with one attached hydrogen (secondary N) is 1. The van der Waals surface area contributed by atoms with E-state index in [1.165, 1.54) is 6.07 Å². The lowest BCUT2D eigenvalue weighted by molar-refractivity contribution is -0.125. The Kier molecular flexibility index (Phi) is 4.07. The van der Waals surface area contributed by atoms with Gasteiger partial charge in [-0.3, -0.25) is 9.59 Å². The number of carbonyl (C=O) groups excluding carboxylic acids is 2. The van der Waals surface area contributed by atoms with E-state index in [4.69, 9.17) is 15.3 Å². The molecule has 1 unspecified atom stereocenters. The smallest absolute Gasteiger partial charge is 0.287 e. The standard InChI is InChI=1S/C10H14N2O4/c1-2-6-3-4-8(16-6)10(15)12-5-7(13)9(11)14/h3-4,7,13H,2,5H2,1H3,(H2,11,14)(H,12,15). The van der Waals surface area contributed by atoms with E-state index < -0.39 is 17.9 Å². The molecule has 4 N–H and O–H groups in total. The van der Waals surface area contributed by atoms with Gasteiger partial charge in [0.2, 0.25) is 5.91 Å². The van der Waals surface area contributed by atoms with Crippen molar-refractivity contribution in [2.75, 3.05) is 6.54 Å². The molecular formula is C10H14N2O4. The zero-order valence-corrected chi connectivity index (χ0v) is 8.90. The highest BCUT2D eigenvalue weighted by Crippen LogP contribution is 2.07. The van der Waals surface area contributed by atoms with Gasteiger partial charge >= 0.3 is 0 Å². The second-order valence-electron chi connectivity index (χ2n) is 3.25. The number of nitrogens with two attached hydrogens (primary N) is 1. The van der Waals surface area contributed by atoms with Gasteiger partial charge < -0.3 is 20.6 Å². The third kappa shape index (κ3) is 3.09. The molecule has 0 spiro atoms. The lowest BCUT2D eigenvalue weighted by atomic mass is 10.3. The SMILES string of the molecule is CCc1ccc(C(=O)NCC(O)C(N)=O)o1. The second-order valence-corrected chi connectivity index (χ2v) is 3.25. The van der Waals surface area contributed by atoms with Crippen molar-refractivity contribution in [3.05, 3.63) is 23.7 Å². The Hall–Kier alpha value is -1.82. The van der Waals surface area contributed by atoms with Crippen molar-refractivity contribution in [3.63, 3.8) is 0 Å². The average molecular weight is 226 g/mol. The Morgan fingerprint density at radius 2 is 2.25 bits per heavy atom. The van der Waals surface area contributed by atoms with E-state index in [1.807, 2.05) is 6.92 Å². The van der Waals surface area contributed by atoms with Gasteiger partial charge in [-0.2, -0.15) is 0 Å². The molecule has 88 valence electrons. The number of hydrogen-bond donors (Lipinski definition) is 3. The Morgan fingerprint density at radius 1 is 1.56 bits per heavy atom. The van der Waals surface area contributed by atoms with Crippen molar-refractivity contribution in [1.29, 1.82) is 0 Å². The van der Waals surface area contributed by atoms with Crippen LogP contribution >= 0.6 is 0 Å². The van der Waals surface area contributed by atoms with E-state index in [0.717, 1.165) is 0 Å². The fourth-order valence-corrected chi connectivity index (χ4v) is 1.07. The zero-order chi connectivity index (χ0) is 12.1. The summed E-state index contributed by atoms with van der Waals surface area (Å²) in [6, 6.07) is 3.23. The normalized spacial score (nSPS) is 12.1. The Labute approximate surface area is 92.4 Å². The molecule has 1 atom stereocenters. The van der Waals surface area contributed by atoms with Gasteiger partial charge in [0.25, 0.3) is 5.91 Å². The molecule has 16 heavy (non-hydrogen) atoms. The molecule has 0 aliphatic rings. The summed E-state index contributed by atoms with van der Waals surface area (Å²) in [5.74, 6) is -0.525. The molecular weight excluding hydrogens is 212 g/mol. The van der Waals surface area contributed by atoms with Gasteiger partial charge in [-0.15, -0.1) is 0 Å². The minimum atomic E-state index is -1.38. The summed E-state index contributed by atoms with van der Waals surface area (Å²) in [6.07, 6.45) is -0.693. The highest BCUT2D eigenvalue weighted by molar-refractivity contribution is 5.92. The van der Waals surface area contributed by atoms with Gasteiger partial charge in [-0.25, -0.2) is 0 Å². The molecule has 2 amide bonds. The number of carbonyl (C=O) groups is 2. The van der Waals surface area contributed by atoms with Crippen LogP contribution in [0.3, 0.4) is 0 Å². The van der Waals surface area contributed by atoms with Crippen LogP contribution in [-0.2, 0) is 11.2 Å². The van der Waals surface area contributed by atoms with E-state index in [1.54, 1.807) is 6.07 Å². The van der Waals surface area contributed by atoms with E-state index in [-0.39, 0.29) is 12.3 Å². The quantitative estimate of drug-likeness (QED) is 0.624. The predicted molar refractivity (Wildman–Crippen MR) is 55.6 cm³/mol. The van der Waals surface area contributed by atoms with Gasteiger partial charge in [-0.05, 0) is 12.1 Å². The van der Waals surface area contributed by atoms with Crippen LogP contribution in [0.1, 0.15) is 23.2 Å². The van der Waals surface area contributed by atoms with E-state index in [9.17, 15) is 9.59 Å². The van der Waals surface area contributed by atoms with E-state index in [2.05, 4.69) is 5.32 Å². The van der Waals surface area contributed by atoms with Crippen molar-refractivity contribution in [3.8, 4) is 0 Å². The first-order chi connectivity index (χ1) is 7.54. The summed E-state index contributed by atoms with van der Waals surface area (Å²) in [6.45, 7) is 1.67. The maximum atomic E-state index is 11.4. The molecule has 6 heteroatoms. The van der Waals surface area contributed by atoms with Crippen LogP contribution in [0.2, 0.25) is 0 Å². The summed E-state index contributed by atoms with van der Waals surface area (Å²) in [5.41, 5.74) is 4.82. The van der Waals surface area contributed by atoms with Crippen molar-refractivity contribution < 1.29 is 19.1 Å². The first-order valence-electron chi connectivity index (χ1n) is 4.89. The number of amides is 2. The molecule has 0 aromatic carbocycles. The van der Waals surface area contributed by atoms with Gasteiger partial charge in [0, 0.05) is 6.42 Å². The molecule has 1 aromatic heterocycles. The monoisotopic (exact) mass is 226 g/mol. The molecule has 0 saturated carbocycles. The molecule has 1 rings (SSSR count). The van der Waals surface area contributed by atoms with Gasteiger partial charge in [0.1, 0.15) is 11.9 Å². The summed E-state index contributed by atoms with van der Waals surface area (Å²) in [5, 5.41) is 11.4. The Balaban J connectivity index is 2.49. The van der Waals surface area contributed by atoms with Crippen LogP contribution in [0.25, 0.3) is 0 Å². The summed E-state index contributed by atoms with van der Waals surface area (Å²) in [4.78, 5) is 21.9. The van der Waals surface area contributed by atoms with Crippen LogP contribution in [0.15, 0.2) is 16.5 Å².